The van der Waals surface area contributed by atoms with Crippen molar-refractivity contribution in [2.45, 2.75) is 63.9 Å². The summed E-state index contributed by atoms with van der Waals surface area (Å²) in [6, 6.07) is 4.35. The quantitative estimate of drug-likeness (QED) is 0.453. The van der Waals surface area contributed by atoms with E-state index in [1.807, 2.05) is 0 Å². The van der Waals surface area contributed by atoms with Crippen molar-refractivity contribution in [1.29, 1.82) is 0 Å². The third-order valence-electron chi connectivity index (χ3n) is 4.35. The maximum atomic E-state index is 14.6. The Morgan fingerprint density at radius 2 is 1.59 bits per heavy atom. The van der Waals surface area contributed by atoms with Gasteiger partial charge in [-0.1, -0.05) is 6.07 Å². The Morgan fingerprint density at radius 3 is 2.09 bits per heavy atom. The minimum atomic E-state index is -4.61. The number of hydrogen-bond donors (Lipinski definition) is 1. The average Bonchev–Trinajstić information content (AvgIpc) is 2.65. The van der Waals surface area contributed by atoms with Crippen LogP contribution in [0.1, 0.15) is 57.4 Å². The van der Waals surface area contributed by atoms with Gasteiger partial charge in [0.25, 0.3) is 0 Å². The van der Waals surface area contributed by atoms with Gasteiger partial charge in [0, 0.05) is 5.56 Å². The van der Waals surface area contributed by atoms with Gasteiger partial charge in [0.1, 0.15) is 5.82 Å². The van der Waals surface area contributed by atoms with Crippen molar-refractivity contribution in [1.82, 2.24) is 4.72 Å². The van der Waals surface area contributed by atoms with Crippen molar-refractivity contribution in [2.75, 3.05) is 0 Å². The van der Waals surface area contributed by atoms with Gasteiger partial charge >= 0.3 is 12.3 Å². The summed E-state index contributed by atoms with van der Waals surface area (Å²) in [7, 11) is -1.79. The highest BCUT2D eigenvalue weighted by Gasteiger charge is 2.43. The number of alkyl halides is 4. The fraction of sp³-hybridized carbons (Fsp3) is 0.455. The third-order valence-corrected chi connectivity index (χ3v) is 5.91. The van der Waals surface area contributed by atoms with Crippen molar-refractivity contribution in [3.8, 4) is 5.75 Å². The molecule has 2 atom stereocenters. The van der Waals surface area contributed by atoms with Gasteiger partial charge in [-0.3, -0.25) is 0 Å². The van der Waals surface area contributed by atoms with Crippen LogP contribution in [0.2, 0.25) is 0 Å². The first kappa shape index (κ1) is 26.2. The summed E-state index contributed by atoms with van der Waals surface area (Å²) in [5.74, 6) is -6.64. The number of nitrogens with one attached hydrogen (secondary N) is 1. The van der Waals surface area contributed by atoms with E-state index in [4.69, 9.17) is 4.74 Å². The number of halogens is 6. The molecular formula is C22H25F6NO2S. The van der Waals surface area contributed by atoms with Gasteiger partial charge in [0.05, 0.1) is 27.9 Å². The zero-order valence-corrected chi connectivity index (χ0v) is 19.0. The molecule has 2 aromatic carbocycles. The first-order valence-electron chi connectivity index (χ1n) is 9.74. The summed E-state index contributed by atoms with van der Waals surface area (Å²) in [5.41, 5.74) is -1.33. The fourth-order valence-electron chi connectivity index (χ4n) is 2.76. The standard InChI is InChI=1S/C22H25F6NO2S/c1-12(2)31-18-7-6-13(10-17(18)24)19(29-32(30)21(3,4)5)14-8-15(11-16(23)9-14)22(27,28)20(25)26/h6-12,19-20,29H,1-5H3/t19-,32?/m1/s1. The van der Waals surface area contributed by atoms with E-state index in [9.17, 15) is 30.6 Å². The molecule has 32 heavy (non-hydrogen) atoms. The number of rotatable bonds is 8. The van der Waals surface area contributed by atoms with Crippen LogP contribution in [-0.4, -0.2) is 21.5 Å². The lowest BCUT2D eigenvalue weighted by Gasteiger charge is -2.26. The van der Waals surface area contributed by atoms with Gasteiger partial charge < -0.3 is 4.74 Å². The molecule has 3 nitrogen and oxygen atoms in total. The number of benzene rings is 2. The molecule has 2 aromatic rings. The van der Waals surface area contributed by atoms with Crippen molar-refractivity contribution < 1.29 is 35.3 Å². The topological polar surface area (TPSA) is 38.3 Å². The van der Waals surface area contributed by atoms with E-state index >= 15 is 0 Å². The molecule has 0 amide bonds. The Labute approximate surface area is 185 Å². The lowest BCUT2D eigenvalue weighted by atomic mass is 9.95. The maximum Gasteiger partial charge on any atom is 0.332 e. The Hall–Kier alpha value is -2.07. The van der Waals surface area contributed by atoms with Crippen molar-refractivity contribution in [2.24, 2.45) is 0 Å². The normalized spacial score (nSPS) is 14.7. The number of hydrogen-bond acceptors (Lipinski definition) is 2. The van der Waals surface area contributed by atoms with E-state index in [0.717, 1.165) is 12.1 Å². The Morgan fingerprint density at radius 1 is 0.969 bits per heavy atom. The molecule has 0 spiro atoms. The fourth-order valence-corrected chi connectivity index (χ4v) is 3.60. The average molecular weight is 482 g/mol. The highest BCUT2D eigenvalue weighted by Crippen LogP contribution is 2.37. The van der Waals surface area contributed by atoms with Crippen molar-refractivity contribution in [3.63, 3.8) is 0 Å². The predicted molar refractivity (Wildman–Crippen MR) is 111 cm³/mol. The highest BCUT2D eigenvalue weighted by molar-refractivity contribution is 7.84. The molecule has 0 bridgehead atoms. The molecule has 0 radical (unpaired) electrons. The predicted octanol–water partition coefficient (Wildman–Crippen LogP) is 6.25. The van der Waals surface area contributed by atoms with Crippen molar-refractivity contribution >= 4 is 11.0 Å². The van der Waals surface area contributed by atoms with Crippen LogP contribution in [0.5, 0.6) is 5.75 Å². The van der Waals surface area contributed by atoms with E-state index in [1.165, 1.54) is 12.1 Å². The van der Waals surface area contributed by atoms with Crippen LogP contribution in [0.4, 0.5) is 26.3 Å². The Bertz CT molecular complexity index is 975. The molecule has 0 aromatic heterocycles. The minimum absolute atomic E-state index is 0.0661. The minimum Gasteiger partial charge on any atom is -0.488 e. The Balaban J connectivity index is 2.62. The molecule has 0 saturated carbocycles. The SMILES string of the molecule is CC(C)Oc1ccc([C@@H](NS(=O)C(C)(C)C)c2cc(F)cc(C(F)(F)C(F)F)c2)cc1F. The summed E-state index contributed by atoms with van der Waals surface area (Å²) < 4.78 is 102. The molecule has 10 heteroatoms. The molecule has 1 N–H and O–H groups in total. The van der Waals surface area contributed by atoms with Crippen LogP contribution in [0.25, 0.3) is 0 Å². The van der Waals surface area contributed by atoms with Crippen LogP contribution in [0, 0.1) is 11.6 Å². The molecule has 0 aliphatic carbocycles. The van der Waals surface area contributed by atoms with Gasteiger partial charge in [-0.2, -0.15) is 8.78 Å². The molecular weight excluding hydrogens is 456 g/mol. The molecule has 1 unspecified atom stereocenters. The molecule has 2 rings (SSSR count). The summed E-state index contributed by atoms with van der Waals surface area (Å²) in [4.78, 5) is 0. The van der Waals surface area contributed by atoms with Gasteiger partial charge in [0.2, 0.25) is 0 Å². The number of ether oxygens (including phenoxy) is 1. The second-order valence-corrected chi connectivity index (χ2v) is 10.5. The van der Waals surface area contributed by atoms with Crippen LogP contribution >= 0.6 is 0 Å². The second-order valence-electron chi connectivity index (χ2n) is 8.49. The summed E-state index contributed by atoms with van der Waals surface area (Å²) in [5, 5.41) is 0. The van der Waals surface area contributed by atoms with Crippen LogP contribution in [0.15, 0.2) is 36.4 Å². The first-order valence-corrected chi connectivity index (χ1v) is 10.9. The highest BCUT2D eigenvalue weighted by atomic mass is 32.2. The zero-order chi connectivity index (χ0) is 24.4. The molecule has 0 fully saturated rings. The maximum absolute atomic E-state index is 14.6. The van der Waals surface area contributed by atoms with Crippen molar-refractivity contribution in [3.05, 3.63) is 64.7 Å². The van der Waals surface area contributed by atoms with Crippen LogP contribution in [0.3, 0.4) is 0 Å². The van der Waals surface area contributed by atoms with Gasteiger partial charge in [-0.15, -0.1) is 0 Å². The lowest BCUT2D eigenvalue weighted by Crippen LogP contribution is -2.36. The monoisotopic (exact) mass is 481 g/mol. The van der Waals surface area contributed by atoms with Gasteiger partial charge in [-0.25, -0.2) is 26.5 Å². The van der Waals surface area contributed by atoms with Crippen LogP contribution < -0.4 is 9.46 Å². The zero-order valence-electron chi connectivity index (χ0n) is 18.2. The summed E-state index contributed by atoms with van der Waals surface area (Å²) >= 11 is 0. The van der Waals surface area contributed by atoms with E-state index in [1.54, 1.807) is 34.6 Å². The third kappa shape index (κ3) is 6.25. The smallest absolute Gasteiger partial charge is 0.332 e. The molecule has 0 aliphatic rings. The van der Waals surface area contributed by atoms with E-state index in [-0.39, 0.29) is 23.0 Å². The molecule has 0 saturated heterocycles. The van der Waals surface area contributed by atoms with E-state index in [0.29, 0.717) is 12.1 Å². The van der Waals surface area contributed by atoms with Crippen LogP contribution in [-0.2, 0) is 16.9 Å². The largest absolute Gasteiger partial charge is 0.488 e. The van der Waals surface area contributed by atoms with E-state index < -0.39 is 51.3 Å². The summed E-state index contributed by atoms with van der Waals surface area (Å²) in [6.45, 7) is 8.29. The van der Waals surface area contributed by atoms with Gasteiger partial charge in [0.15, 0.2) is 11.6 Å². The Kier molecular flexibility index (Phi) is 8.04. The van der Waals surface area contributed by atoms with Gasteiger partial charge in [-0.05, 0) is 76.1 Å². The summed E-state index contributed by atoms with van der Waals surface area (Å²) in [6.07, 6.45) is -4.38. The first-order chi connectivity index (χ1) is 14.6. The molecule has 0 heterocycles. The van der Waals surface area contributed by atoms with E-state index in [2.05, 4.69) is 4.72 Å². The second kappa shape index (κ2) is 9.82. The lowest BCUT2D eigenvalue weighted by molar-refractivity contribution is -0.135. The molecule has 0 aliphatic heterocycles. The molecule has 178 valence electrons.